The molecule has 0 bridgehead atoms. The summed E-state index contributed by atoms with van der Waals surface area (Å²) in [5, 5.41) is 7.13. The molecule has 7 nitrogen and oxygen atoms in total. The van der Waals surface area contributed by atoms with E-state index >= 15 is 0 Å². The van der Waals surface area contributed by atoms with Crippen molar-refractivity contribution in [3.05, 3.63) is 24.2 Å². The molecule has 3 heterocycles. The van der Waals surface area contributed by atoms with Crippen LogP contribution in [-0.4, -0.2) is 50.5 Å². The Morgan fingerprint density at radius 3 is 2.95 bits per heavy atom. The molecular weight excluding hydrogens is 258 g/mol. The van der Waals surface area contributed by atoms with E-state index in [4.69, 9.17) is 0 Å². The van der Waals surface area contributed by atoms with E-state index in [1.807, 2.05) is 17.8 Å². The molecule has 0 aliphatic carbocycles. The van der Waals surface area contributed by atoms with E-state index in [1.54, 1.807) is 28.9 Å². The highest BCUT2D eigenvalue weighted by Crippen LogP contribution is 2.13. The molecular formula is C13H17N5O2. The van der Waals surface area contributed by atoms with Crippen LogP contribution in [0.1, 0.15) is 23.2 Å². The molecule has 0 spiro atoms. The maximum absolute atomic E-state index is 12.3. The maximum atomic E-state index is 12.3. The van der Waals surface area contributed by atoms with Crippen molar-refractivity contribution < 1.29 is 9.59 Å². The highest BCUT2D eigenvalue weighted by atomic mass is 16.2. The summed E-state index contributed by atoms with van der Waals surface area (Å²) >= 11 is 0. The second kappa shape index (κ2) is 4.66. The van der Waals surface area contributed by atoms with Gasteiger partial charge in [-0.3, -0.25) is 9.59 Å². The predicted octanol–water partition coefficient (Wildman–Crippen LogP) is 0.0234. The van der Waals surface area contributed by atoms with Crippen LogP contribution in [0.15, 0.2) is 18.6 Å². The molecule has 1 N–H and O–H groups in total. The topological polar surface area (TPSA) is 71.6 Å². The summed E-state index contributed by atoms with van der Waals surface area (Å²) in [4.78, 5) is 25.4. The van der Waals surface area contributed by atoms with Crippen molar-refractivity contribution in [2.24, 2.45) is 7.05 Å². The van der Waals surface area contributed by atoms with E-state index in [0.29, 0.717) is 24.9 Å². The fourth-order valence-electron chi connectivity index (χ4n) is 2.60. The molecule has 1 fully saturated rings. The summed E-state index contributed by atoms with van der Waals surface area (Å²) in [5.74, 6) is -0.0135. The second-order valence-electron chi connectivity index (χ2n) is 5.22. The number of imidazole rings is 1. The number of hydrogen-bond donors (Lipinski definition) is 1. The van der Waals surface area contributed by atoms with Gasteiger partial charge >= 0.3 is 0 Å². The van der Waals surface area contributed by atoms with E-state index in [-0.39, 0.29) is 17.9 Å². The second-order valence-corrected chi connectivity index (χ2v) is 5.22. The summed E-state index contributed by atoms with van der Waals surface area (Å²) in [6.45, 7) is 0.558. The van der Waals surface area contributed by atoms with Gasteiger partial charge in [0.2, 0.25) is 5.91 Å². The first-order valence-corrected chi connectivity index (χ1v) is 6.60. The first-order chi connectivity index (χ1) is 9.56. The van der Waals surface area contributed by atoms with Crippen molar-refractivity contribution in [3.8, 4) is 0 Å². The van der Waals surface area contributed by atoms with Crippen molar-refractivity contribution in [1.29, 1.82) is 0 Å². The zero-order valence-electron chi connectivity index (χ0n) is 11.5. The van der Waals surface area contributed by atoms with Gasteiger partial charge in [0.25, 0.3) is 5.91 Å². The number of aryl methyl sites for hydroxylation is 1. The highest BCUT2D eigenvalue weighted by molar-refractivity contribution is 6.00. The first-order valence-electron chi connectivity index (χ1n) is 6.60. The van der Waals surface area contributed by atoms with Crippen LogP contribution in [0.25, 0.3) is 5.65 Å². The van der Waals surface area contributed by atoms with Crippen molar-refractivity contribution in [1.82, 2.24) is 24.4 Å². The third-order valence-corrected chi connectivity index (χ3v) is 3.74. The Labute approximate surface area is 116 Å². The molecule has 1 atom stereocenters. The predicted molar refractivity (Wildman–Crippen MR) is 72.3 cm³/mol. The number of aromatic nitrogens is 3. The Morgan fingerprint density at radius 1 is 1.40 bits per heavy atom. The molecule has 0 saturated carbocycles. The van der Waals surface area contributed by atoms with Gasteiger partial charge in [0, 0.05) is 45.5 Å². The molecule has 2 aromatic rings. The van der Waals surface area contributed by atoms with Crippen molar-refractivity contribution in [2.75, 3.05) is 13.6 Å². The average molecular weight is 275 g/mol. The molecule has 1 aliphatic rings. The summed E-state index contributed by atoms with van der Waals surface area (Å²) in [5.41, 5.74) is 1.32. The molecule has 3 rings (SSSR count). The first kappa shape index (κ1) is 12.7. The Morgan fingerprint density at radius 2 is 2.20 bits per heavy atom. The lowest BCUT2D eigenvalue weighted by Crippen LogP contribution is -2.48. The minimum absolute atomic E-state index is 0.000387. The van der Waals surface area contributed by atoms with E-state index < -0.39 is 0 Å². The smallest absolute Gasteiger partial charge is 0.256 e. The van der Waals surface area contributed by atoms with Gasteiger partial charge < -0.3 is 14.8 Å². The number of piperidine rings is 1. The maximum Gasteiger partial charge on any atom is 0.256 e. The number of likely N-dealkylation sites (N-methyl/N-ethyl adjacent to an activating group) is 1. The molecule has 20 heavy (non-hydrogen) atoms. The lowest BCUT2D eigenvalue weighted by atomic mass is 10.1. The van der Waals surface area contributed by atoms with Crippen LogP contribution in [0.4, 0.5) is 0 Å². The normalized spacial score (nSPS) is 19.6. The number of nitrogens with one attached hydrogen (secondary N) is 1. The van der Waals surface area contributed by atoms with Crippen molar-refractivity contribution in [3.63, 3.8) is 0 Å². The van der Waals surface area contributed by atoms with E-state index in [1.165, 1.54) is 0 Å². The monoisotopic (exact) mass is 275 g/mol. The summed E-state index contributed by atoms with van der Waals surface area (Å²) < 4.78 is 3.53. The Bertz CT molecular complexity index is 671. The highest BCUT2D eigenvalue weighted by Gasteiger charge is 2.25. The Kier molecular flexibility index (Phi) is 2.96. The fraction of sp³-hybridized carbons (Fsp3) is 0.462. The number of hydrogen-bond acceptors (Lipinski definition) is 3. The van der Waals surface area contributed by atoms with Gasteiger partial charge in [-0.1, -0.05) is 0 Å². The molecule has 7 heteroatoms. The quantitative estimate of drug-likeness (QED) is 0.840. The number of carbonyl (C=O) groups is 2. The molecule has 0 aromatic carbocycles. The van der Waals surface area contributed by atoms with Crippen LogP contribution < -0.4 is 5.32 Å². The molecule has 106 valence electrons. The zero-order valence-corrected chi connectivity index (χ0v) is 11.5. The Hall–Kier alpha value is -2.31. The SMILES string of the molecule is CN1CC(NC(=O)c2cnn3ccn(C)c23)CCC1=O. The van der Waals surface area contributed by atoms with Crippen molar-refractivity contribution >= 4 is 17.5 Å². The molecule has 2 amide bonds. The van der Waals surface area contributed by atoms with Gasteiger partial charge in [0.1, 0.15) is 11.2 Å². The summed E-state index contributed by atoms with van der Waals surface area (Å²) in [7, 11) is 3.64. The molecule has 1 saturated heterocycles. The zero-order chi connectivity index (χ0) is 14.3. The molecule has 1 unspecified atom stereocenters. The number of amides is 2. The van der Waals surface area contributed by atoms with Crippen LogP contribution in [0.5, 0.6) is 0 Å². The lowest BCUT2D eigenvalue weighted by molar-refractivity contribution is -0.132. The van der Waals surface area contributed by atoms with E-state index in [2.05, 4.69) is 10.4 Å². The summed E-state index contributed by atoms with van der Waals surface area (Å²) in [6, 6.07) is 0.000387. The average Bonchev–Trinajstić information content (AvgIpc) is 2.97. The minimum atomic E-state index is -0.144. The standard InChI is InChI=1S/C13H17N5O2/c1-16-5-6-18-13(16)10(7-14-18)12(20)15-9-3-4-11(19)17(2)8-9/h5-7,9H,3-4,8H2,1-2H3,(H,15,20). The third-order valence-electron chi connectivity index (χ3n) is 3.74. The number of likely N-dealkylation sites (tertiary alicyclic amines) is 1. The van der Waals surface area contributed by atoms with Gasteiger partial charge in [-0.05, 0) is 6.42 Å². The lowest BCUT2D eigenvalue weighted by Gasteiger charge is -2.30. The van der Waals surface area contributed by atoms with Gasteiger partial charge in [-0.25, -0.2) is 4.52 Å². The Balaban J connectivity index is 1.76. The van der Waals surface area contributed by atoms with E-state index in [9.17, 15) is 9.59 Å². The minimum Gasteiger partial charge on any atom is -0.347 e. The fourth-order valence-corrected chi connectivity index (χ4v) is 2.60. The molecule has 2 aromatic heterocycles. The largest absolute Gasteiger partial charge is 0.347 e. The molecule has 1 aliphatic heterocycles. The van der Waals surface area contributed by atoms with Gasteiger partial charge in [-0.2, -0.15) is 5.10 Å². The van der Waals surface area contributed by atoms with Crippen LogP contribution in [-0.2, 0) is 11.8 Å². The van der Waals surface area contributed by atoms with Gasteiger partial charge in [0.15, 0.2) is 0 Å². The third kappa shape index (κ3) is 2.04. The van der Waals surface area contributed by atoms with Crippen LogP contribution in [0.2, 0.25) is 0 Å². The summed E-state index contributed by atoms with van der Waals surface area (Å²) in [6.07, 6.45) is 6.40. The van der Waals surface area contributed by atoms with Crippen molar-refractivity contribution in [2.45, 2.75) is 18.9 Å². The van der Waals surface area contributed by atoms with Crippen LogP contribution >= 0.6 is 0 Å². The van der Waals surface area contributed by atoms with Gasteiger partial charge in [-0.15, -0.1) is 0 Å². The van der Waals surface area contributed by atoms with E-state index in [0.717, 1.165) is 5.65 Å². The number of nitrogens with zero attached hydrogens (tertiary/aromatic N) is 4. The van der Waals surface area contributed by atoms with Gasteiger partial charge in [0.05, 0.1) is 6.20 Å². The number of fused-ring (bicyclic) bond motifs is 1. The van der Waals surface area contributed by atoms with Crippen LogP contribution in [0.3, 0.4) is 0 Å². The number of rotatable bonds is 2. The number of carbonyl (C=O) groups excluding carboxylic acids is 2. The van der Waals surface area contributed by atoms with Crippen LogP contribution in [0, 0.1) is 0 Å². The molecule has 0 radical (unpaired) electrons.